The van der Waals surface area contributed by atoms with Crippen LogP contribution in [0.15, 0.2) is 12.1 Å². The molecule has 0 fully saturated rings. The van der Waals surface area contributed by atoms with E-state index in [1.807, 2.05) is 26.0 Å². The van der Waals surface area contributed by atoms with E-state index in [1.54, 1.807) is 0 Å². The van der Waals surface area contributed by atoms with Crippen molar-refractivity contribution in [1.29, 1.82) is 0 Å². The Morgan fingerprint density at radius 1 is 1.40 bits per heavy atom. The van der Waals surface area contributed by atoms with Gasteiger partial charge in [0.05, 0.1) is 0 Å². The van der Waals surface area contributed by atoms with Crippen molar-refractivity contribution >= 4 is 17.6 Å². The van der Waals surface area contributed by atoms with Gasteiger partial charge in [-0.05, 0) is 37.8 Å². The van der Waals surface area contributed by atoms with Crippen molar-refractivity contribution in [3.05, 3.63) is 33.8 Å². The first-order chi connectivity index (χ1) is 7.00. The number of carboxylic acid groups (broad SMARTS) is 1. The van der Waals surface area contributed by atoms with Crippen LogP contribution in [0.1, 0.15) is 29.5 Å². The van der Waals surface area contributed by atoms with Gasteiger partial charge in [0.25, 0.3) is 0 Å². The molecule has 1 aromatic rings. The number of rotatable bonds is 4. The molecule has 0 spiro atoms. The van der Waals surface area contributed by atoms with Gasteiger partial charge in [0.1, 0.15) is 0 Å². The number of aryl methyl sites for hydroxylation is 3. The third kappa shape index (κ3) is 3.56. The van der Waals surface area contributed by atoms with Crippen LogP contribution in [0.25, 0.3) is 0 Å². The summed E-state index contributed by atoms with van der Waals surface area (Å²) in [5.41, 5.74) is 3.28. The molecule has 0 radical (unpaired) electrons. The van der Waals surface area contributed by atoms with Gasteiger partial charge in [0, 0.05) is 11.4 Å². The van der Waals surface area contributed by atoms with E-state index in [1.165, 1.54) is 5.56 Å². The van der Waals surface area contributed by atoms with Crippen LogP contribution in [0, 0.1) is 13.8 Å². The van der Waals surface area contributed by atoms with E-state index in [-0.39, 0.29) is 6.42 Å². The van der Waals surface area contributed by atoms with Crippen LogP contribution in [0.3, 0.4) is 0 Å². The van der Waals surface area contributed by atoms with E-state index in [2.05, 4.69) is 0 Å². The van der Waals surface area contributed by atoms with Gasteiger partial charge in [0.2, 0.25) is 0 Å². The largest absolute Gasteiger partial charge is 0.481 e. The smallest absolute Gasteiger partial charge is 0.303 e. The summed E-state index contributed by atoms with van der Waals surface area (Å²) in [6.45, 7) is 3.99. The maximum Gasteiger partial charge on any atom is 0.303 e. The zero-order chi connectivity index (χ0) is 11.4. The van der Waals surface area contributed by atoms with Crippen LogP contribution in [0.5, 0.6) is 0 Å². The normalized spacial score (nSPS) is 10.3. The minimum absolute atomic E-state index is 0.198. The maximum absolute atomic E-state index is 10.4. The molecule has 0 aliphatic carbocycles. The van der Waals surface area contributed by atoms with Crippen molar-refractivity contribution in [3.63, 3.8) is 0 Å². The second kappa shape index (κ2) is 5.17. The summed E-state index contributed by atoms with van der Waals surface area (Å²) >= 11 is 6.13. The second-order valence-corrected chi connectivity index (χ2v) is 4.18. The first kappa shape index (κ1) is 12.1. The molecule has 1 N–H and O–H groups in total. The molecule has 1 aromatic carbocycles. The minimum atomic E-state index is -0.754. The number of benzene rings is 1. The first-order valence-electron chi connectivity index (χ1n) is 4.98. The fraction of sp³-hybridized carbons (Fsp3) is 0.417. The van der Waals surface area contributed by atoms with Gasteiger partial charge in [-0.25, -0.2) is 0 Å². The summed E-state index contributed by atoms with van der Waals surface area (Å²) in [6.07, 6.45) is 1.56. The Kier molecular flexibility index (Phi) is 4.15. The number of hydrogen-bond donors (Lipinski definition) is 1. The molecule has 1 rings (SSSR count). The molecule has 0 saturated heterocycles. The highest BCUT2D eigenvalue weighted by Gasteiger charge is 2.05. The predicted molar refractivity (Wildman–Crippen MR) is 61.5 cm³/mol. The monoisotopic (exact) mass is 226 g/mol. The highest BCUT2D eigenvalue weighted by molar-refractivity contribution is 6.32. The number of halogens is 1. The Bertz CT molecular complexity index is 372. The summed E-state index contributed by atoms with van der Waals surface area (Å²) < 4.78 is 0. The standard InChI is InChI=1S/C12H15ClO2/c1-8-6-9(2)12(13)10(7-8)4-3-5-11(14)15/h6-7H,3-5H2,1-2H3,(H,14,15). The number of aliphatic carboxylic acids is 1. The molecule has 0 saturated carbocycles. The summed E-state index contributed by atoms with van der Waals surface area (Å²) in [6, 6.07) is 4.06. The van der Waals surface area contributed by atoms with Crippen molar-refractivity contribution in [1.82, 2.24) is 0 Å². The summed E-state index contributed by atoms with van der Waals surface area (Å²) in [4.78, 5) is 10.4. The summed E-state index contributed by atoms with van der Waals surface area (Å²) in [5, 5.41) is 9.31. The van der Waals surface area contributed by atoms with Gasteiger partial charge < -0.3 is 5.11 Å². The third-order valence-corrected chi connectivity index (χ3v) is 2.85. The first-order valence-corrected chi connectivity index (χ1v) is 5.36. The van der Waals surface area contributed by atoms with E-state index in [0.717, 1.165) is 22.6 Å². The van der Waals surface area contributed by atoms with Crippen LogP contribution in [0.4, 0.5) is 0 Å². The van der Waals surface area contributed by atoms with Crippen LogP contribution < -0.4 is 0 Å². The Labute approximate surface area is 94.9 Å². The molecule has 0 atom stereocenters. The Morgan fingerprint density at radius 3 is 2.67 bits per heavy atom. The topological polar surface area (TPSA) is 37.3 Å². The molecular weight excluding hydrogens is 212 g/mol. The number of hydrogen-bond acceptors (Lipinski definition) is 1. The molecule has 0 bridgehead atoms. The van der Waals surface area contributed by atoms with E-state index < -0.39 is 5.97 Å². The van der Waals surface area contributed by atoms with Crippen molar-refractivity contribution in [2.45, 2.75) is 33.1 Å². The molecule has 2 nitrogen and oxygen atoms in total. The maximum atomic E-state index is 10.4. The highest BCUT2D eigenvalue weighted by atomic mass is 35.5. The average molecular weight is 227 g/mol. The molecule has 0 unspecified atom stereocenters. The van der Waals surface area contributed by atoms with Crippen LogP contribution >= 0.6 is 11.6 Å². The van der Waals surface area contributed by atoms with Crippen LogP contribution in [0.2, 0.25) is 5.02 Å². The fourth-order valence-electron chi connectivity index (χ4n) is 1.65. The van der Waals surface area contributed by atoms with E-state index in [0.29, 0.717) is 6.42 Å². The molecule has 15 heavy (non-hydrogen) atoms. The number of carbonyl (C=O) groups is 1. The SMILES string of the molecule is Cc1cc(C)c(Cl)c(CCCC(=O)O)c1. The van der Waals surface area contributed by atoms with Crippen molar-refractivity contribution in [2.24, 2.45) is 0 Å². The number of carboxylic acids is 1. The van der Waals surface area contributed by atoms with E-state index in [4.69, 9.17) is 16.7 Å². The van der Waals surface area contributed by atoms with Crippen LogP contribution in [-0.4, -0.2) is 11.1 Å². The molecule has 82 valence electrons. The quantitative estimate of drug-likeness (QED) is 0.855. The lowest BCUT2D eigenvalue weighted by molar-refractivity contribution is -0.137. The fourth-order valence-corrected chi connectivity index (χ4v) is 1.85. The van der Waals surface area contributed by atoms with Gasteiger partial charge in [0.15, 0.2) is 0 Å². The van der Waals surface area contributed by atoms with Gasteiger partial charge in [-0.3, -0.25) is 4.79 Å². The lowest BCUT2D eigenvalue weighted by Crippen LogP contribution is -1.97. The average Bonchev–Trinajstić information content (AvgIpc) is 2.12. The van der Waals surface area contributed by atoms with E-state index in [9.17, 15) is 4.79 Å². The summed E-state index contributed by atoms with van der Waals surface area (Å²) in [5.74, 6) is -0.754. The third-order valence-electron chi connectivity index (χ3n) is 2.31. The highest BCUT2D eigenvalue weighted by Crippen LogP contribution is 2.23. The molecule has 3 heteroatoms. The Morgan fingerprint density at radius 2 is 2.07 bits per heavy atom. The lowest BCUT2D eigenvalue weighted by atomic mass is 10.0. The van der Waals surface area contributed by atoms with Crippen molar-refractivity contribution in [3.8, 4) is 0 Å². The van der Waals surface area contributed by atoms with Crippen molar-refractivity contribution in [2.75, 3.05) is 0 Å². The van der Waals surface area contributed by atoms with Crippen LogP contribution in [-0.2, 0) is 11.2 Å². The van der Waals surface area contributed by atoms with Gasteiger partial charge in [-0.15, -0.1) is 0 Å². The molecule has 0 heterocycles. The van der Waals surface area contributed by atoms with Gasteiger partial charge >= 0.3 is 5.97 Å². The Balaban J connectivity index is 2.72. The second-order valence-electron chi connectivity index (χ2n) is 3.80. The zero-order valence-electron chi connectivity index (χ0n) is 9.01. The molecule has 0 aliphatic heterocycles. The minimum Gasteiger partial charge on any atom is -0.481 e. The van der Waals surface area contributed by atoms with Gasteiger partial charge in [-0.2, -0.15) is 0 Å². The molecule has 0 aliphatic rings. The van der Waals surface area contributed by atoms with Crippen molar-refractivity contribution < 1.29 is 9.90 Å². The van der Waals surface area contributed by atoms with E-state index >= 15 is 0 Å². The van der Waals surface area contributed by atoms with Gasteiger partial charge in [-0.1, -0.05) is 29.3 Å². The predicted octanol–water partition coefficient (Wildman–Crippen LogP) is 3.36. The lowest BCUT2D eigenvalue weighted by Gasteiger charge is -2.07. The molecule has 0 aromatic heterocycles. The Hall–Kier alpha value is -1.02. The molecule has 0 amide bonds. The zero-order valence-corrected chi connectivity index (χ0v) is 9.77. The molecular formula is C12H15ClO2. The summed E-state index contributed by atoms with van der Waals surface area (Å²) in [7, 11) is 0.